The number of rotatable bonds is 5. The Labute approximate surface area is 189 Å². The maximum absolute atomic E-state index is 13.4. The van der Waals surface area contributed by atoms with Crippen LogP contribution in [0.5, 0.6) is 5.75 Å². The molecule has 2 aromatic carbocycles. The van der Waals surface area contributed by atoms with Crippen LogP contribution in [0.1, 0.15) is 39.1 Å². The van der Waals surface area contributed by atoms with Crippen LogP contribution in [0.25, 0.3) is 0 Å². The smallest absolute Gasteiger partial charge is 0.343 e. The number of amides is 2. The van der Waals surface area contributed by atoms with Crippen molar-refractivity contribution in [3.05, 3.63) is 93.2 Å². The molecular formula is C23H20Cl2N3O3+. The van der Waals surface area contributed by atoms with E-state index in [2.05, 4.69) is 10.3 Å². The summed E-state index contributed by atoms with van der Waals surface area (Å²) in [6, 6.07) is 15.2. The monoisotopic (exact) mass is 456 g/mol. The average Bonchev–Trinajstić information content (AvgIpc) is 2.77. The van der Waals surface area contributed by atoms with E-state index in [-0.39, 0.29) is 18.4 Å². The van der Waals surface area contributed by atoms with E-state index in [4.69, 9.17) is 27.9 Å². The summed E-state index contributed by atoms with van der Waals surface area (Å²) in [4.78, 5) is 30.5. The molecule has 4 rings (SSSR count). The molecule has 0 fully saturated rings. The van der Waals surface area contributed by atoms with E-state index in [1.54, 1.807) is 61.1 Å². The molecule has 0 unspecified atom stereocenters. The average molecular weight is 457 g/mol. The summed E-state index contributed by atoms with van der Waals surface area (Å²) in [5, 5.41) is 5.40. The molecule has 1 aromatic heterocycles. The van der Waals surface area contributed by atoms with Crippen molar-refractivity contribution in [2.75, 3.05) is 7.11 Å². The molecule has 2 atom stereocenters. The van der Waals surface area contributed by atoms with Crippen molar-refractivity contribution in [1.29, 1.82) is 0 Å². The maximum atomic E-state index is 13.4. The molecule has 1 aliphatic heterocycles. The van der Waals surface area contributed by atoms with Crippen LogP contribution < -0.4 is 15.4 Å². The van der Waals surface area contributed by atoms with Crippen LogP contribution in [-0.2, 0) is 11.3 Å². The van der Waals surface area contributed by atoms with E-state index in [1.165, 1.54) is 0 Å². The lowest BCUT2D eigenvalue weighted by Gasteiger charge is -2.30. The summed E-state index contributed by atoms with van der Waals surface area (Å²) in [6.07, 6.45) is 1.64. The van der Waals surface area contributed by atoms with Crippen molar-refractivity contribution in [3.8, 4) is 5.75 Å². The van der Waals surface area contributed by atoms with Gasteiger partial charge in [0, 0.05) is 16.8 Å². The van der Waals surface area contributed by atoms with Gasteiger partial charge in [-0.25, -0.2) is 4.79 Å². The predicted octanol–water partition coefficient (Wildman–Crippen LogP) is 3.26. The number of fused-ring (bicyclic) bond motifs is 1. The van der Waals surface area contributed by atoms with Gasteiger partial charge in [0.2, 0.25) is 5.91 Å². The van der Waals surface area contributed by atoms with Crippen LogP contribution in [0.3, 0.4) is 0 Å². The second-order valence-electron chi connectivity index (χ2n) is 7.16. The van der Waals surface area contributed by atoms with Gasteiger partial charge < -0.3 is 10.1 Å². The molecule has 3 aromatic rings. The first kappa shape index (κ1) is 21.3. The normalized spacial score (nSPS) is 17.7. The minimum atomic E-state index is -0.637. The van der Waals surface area contributed by atoms with Crippen molar-refractivity contribution in [2.24, 2.45) is 0 Å². The SMILES string of the molecule is COc1cccnc1CNC(=O)[C@@H]1c2ccccc2C(=O)[NH2+][C@H]1c1ccc(Cl)cc1Cl. The number of hydrogen-bond acceptors (Lipinski definition) is 4. The number of nitrogens with two attached hydrogens (primary N) is 1. The Kier molecular flexibility index (Phi) is 6.23. The fourth-order valence-corrected chi connectivity index (χ4v) is 4.44. The molecule has 2 amide bonds. The largest absolute Gasteiger partial charge is 0.495 e. The number of nitrogens with one attached hydrogen (secondary N) is 1. The van der Waals surface area contributed by atoms with Crippen molar-refractivity contribution >= 4 is 35.0 Å². The highest BCUT2D eigenvalue weighted by atomic mass is 35.5. The Morgan fingerprint density at radius 1 is 1.13 bits per heavy atom. The first-order chi connectivity index (χ1) is 15.0. The summed E-state index contributed by atoms with van der Waals surface area (Å²) in [5.41, 5.74) is 2.46. The molecule has 8 heteroatoms. The van der Waals surface area contributed by atoms with Crippen molar-refractivity contribution in [3.63, 3.8) is 0 Å². The molecule has 0 aliphatic carbocycles. The zero-order valence-electron chi connectivity index (χ0n) is 16.6. The number of ether oxygens (including phenoxy) is 1. The third kappa shape index (κ3) is 4.28. The van der Waals surface area contributed by atoms with E-state index in [1.807, 2.05) is 12.1 Å². The molecule has 2 heterocycles. The molecule has 3 N–H and O–H groups in total. The fraction of sp³-hybridized carbons (Fsp3) is 0.174. The minimum absolute atomic E-state index is 0.137. The van der Waals surface area contributed by atoms with E-state index < -0.39 is 12.0 Å². The highest BCUT2D eigenvalue weighted by Crippen LogP contribution is 2.37. The Balaban J connectivity index is 1.70. The second kappa shape index (κ2) is 9.06. The predicted molar refractivity (Wildman–Crippen MR) is 117 cm³/mol. The van der Waals surface area contributed by atoms with Crippen LogP contribution >= 0.6 is 23.2 Å². The van der Waals surface area contributed by atoms with Crippen molar-refractivity contribution < 1.29 is 19.6 Å². The molecule has 158 valence electrons. The van der Waals surface area contributed by atoms with Crippen molar-refractivity contribution in [2.45, 2.75) is 18.5 Å². The summed E-state index contributed by atoms with van der Waals surface area (Å²) in [5.74, 6) is -0.421. The number of hydrogen-bond donors (Lipinski definition) is 2. The summed E-state index contributed by atoms with van der Waals surface area (Å²) < 4.78 is 5.32. The number of halogens is 2. The number of benzene rings is 2. The molecular weight excluding hydrogens is 437 g/mol. The lowest BCUT2D eigenvalue weighted by atomic mass is 9.80. The Morgan fingerprint density at radius 3 is 2.71 bits per heavy atom. The van der Waals surface area contributed by atoms with Crippen LogP contribution in [-0.4, -0.2) is 23.9 Å². The maximum Gasteiger partial charge on any atom is 0.343 e. The molecule has 0 spiro atoms. The molecule has 0 saturated carbocycles. The van der Waals surface area contributed by atoms with E-state index in [0.717, 1.165) is 0 Å². The first-order valence-corrected chi connectivity index (χ1v) is 10.4. The number of methoxy groups -OCH3 is 1. The van der Waals surface area contributed by atoms with Gasteiger partial charge in [-0.1, -0.05) is 47.5 Å². The molecule has 0 bridgehead atoms. The van der Waals surface area contributed by atoms with Crippen LogP contribution in [0.2, 0.25) is 10.0 Å². The Morgan fingerprint density at radius 2 is 1.94 bits per heavy atom. The van der Waals surface area contributed by atoms with Gasteiger partial charge in [-0.2, -0.15) is 0 Å². The fourth-order valence-electron chi connectivity index (χ4n) is 3.90. The lowest BCUT2D eigenvalue weighted by molar-refractivity contribution is -0.605. The summed E-state index contributed by atoms with van der Waals surface area (Å²) in [6.45, 7) is 0.191. The second-order valence-corrected chi connectivity index (χ2v) is 8.00. The minimum Gasteiger partial charge on any atom is -0.495 e. The van der Waals surface area contributed by atoms with Gasteiger partial charge in [-0.3, -0.25) is 15.1 Å². The van der Waals surface area contributed by atoms with Crippen LogP contribution in [0.4, 0.5) is 0 Å². The number of nitrogens with zero attached hydrogens (tertiary/aromatic N) is 1. The number of aromatic nitrogens is 1. The zero-order valence-corrected chi connectivity index (χ0v) is 18.2. The highest BCUT2D eigenvalue weighted by molar-refractivity contribution is 6.35. The topological polar surface area (TPSA) is 84.9 Å². The van der Waals surface area contributed by atoms with Gasteiger partial charge >= 0.3 is 5.91 Å². The first-order valence-electron chi connectivity index (χ1n) is 9.68. The van der Waals surface area contributed by atoms with E-state index in [0.29, 0.717) is 38.2 Å². The number of primary amides is 1. The van der Waals surface area contributed by atoms with Gasteiger partial charge in [-0.05, 0) is 35.9 Å². The number of quaternary nitrogens is 1. The quantitative estimate of drug-likeness (QED) is 0.616. The van der Waals surface area contributed by atoms with Crippen molar-refractivity contribution in [1.82, 2.24) is 10.3 Å². The number of carbonyl (C=O) groups is 2. The van der Waals surface area contributed by atoms with E-state index in [9.17, 15) is 9.59 Å². The van der Waals surface area contributed by atoms with Gasteiger partial charge in [0.25, 0.3) is 0 Å². The Bertz CT molecular complexity index is 1150. The van der Waals surface area contributed by atoms with E-state index >= 15 is 0 Å². The van der Waals surface area contributed by atoms with Gasteiger partial charge in [-0.15, -0.1) is 0 Å². The highest BCUT2D eigenvalue weighted by Gasteiger charge is 2.43. The number of carbonyl (C=O) groups excluding carboxylic acids is 2. The van der Waals surface area contributed by atoms with Gasteiger partial charge in [0.1, 0.15) is 23.4 Å². The summed E-state index contributed by atoms with van der Waals surface area (Å²) >= 11 is 12.5. The lowest BCUT2D eigenvalue weighted by Crippen LogP contribution is -2.91. The van der Waals surface area contributed by atoms with Crippen LogP contribution in [0, 0.1) is 0 Å². The standard InChI is InChI=1S/C23H19Cl2N3O3/c1-31-19-7-4-10-26-18(19)12-27-23(30)20-14-5-2-3-6-15(14)22(29)28-21(20)16-9-8-13(24)11-17(16)25/h2-11,20-21H,12H2,1H3,(H,27,30)(H,28,29)/p+1/t20-,21+/m1/s1. The molecule has 0 radical (unpaired) electrons. The molecule has 0 saturated heterocycles. The van der Waals surface area contributed by atoms with Crippen LogP contribution in [0.15, 0.2) is 60.8 Å². The van der Waals surface area contributed by atoms with Gasteiger partial charge in [0.15, 0.2) is 0 Å². The Hall–Kier alpha value is -2.93. The third-order valence-electron chi connectivity index (χ3n) is 5.35. The van der Waals surface area contributed by atoms with Gasteiger partial charge in [0.05, 0.1) is 24.2 Å². The molecule has 1 aliphatic rings. The zero-order chi connectivity index (χ0) is 22.0. The third-order valence-corrected chi connectivity index (χ3v) is 5.92. The molecule has 6 nitrogen and oxygen atoms in total. The number of pyridine rings is 1. The summed E-state index contributed by atoms with van der Waals surface area (Å²) in [7, 11) is 1.55. The molecule has 31 heavy (non-hydrogen) atoms.